The molecule has 2 unspecified atom stereocenters. The van der Waals surface area contributed by atoms with Crippen LogP contribution in [0.1, 0.15) is 17.9 Å². The molecule has 1 saturated carbocycles. The van der Waals surface area contributed by atoms with Gasteiger partial charge in [-0.15, -0.1) is 11.6 Å². The summed E-state index contributed by atoms with van der Waals surface area (Å²) in [6.45, 7) is 0. The first-order chi connectivity index (χ1) is 6.81. The summed E-state index contributed by atoms with van der Waals surface area (Å²) < 4.78 is 0. The van der Waals surface area contributed by atoms with Gasteiger partial charge in [0.15, 0.2) is 0 Å². The highest BCUT2D eigenvalue weighted by atomic mass is 35.5. The number of amides is 1. The molecule has 0 bridgehead atoms. The minimum Gasteiger partial charge on any atom is -0.352 e. The maximum atomic E-state index is 11.0. The van der Waals surface area contributed by atoms with Crippen molar-refractivity contribution in [1.82, 2.24) is 5.32 Å². The average molecular weight is 210 g/mol. The fourth-order valence-electron chi connectivity index (χ4n) is 1.67. The van der Waals surface area contributed by atoms with Crippen LogP contribution < -0.4 is 5.32 Å². The molecule has 0 radical (unpaired) electrons. The highest BCUT2D eigenvalue weighted by molar-refractivity contribution is 6.27. The monoisotopic (exact) mass is 209 g/mol. The number of benzene rings is 1. The molecule has 0 spiro atoms. The highest BCUT2D eigenvalue weighted by Crippen LogP contribution is 2.40. The predicted octanol–water partition coefficient (Wildman–Crippen LogP) is 1.90. The molecule has 1 aliphatic carbocycles. The van der Waals surface area contributed by atoms with Crippen LogP contribution in [0, 0.1) is 0 Å². The molecule has 1 N–H and O–H groups in total. The number of hydrogen-bond acceptors (Lipinski definition) is 1. The summed E-state index contributed by atoms with van der Waals surface area (Å²) in [6.07, 6.45) is 1.03. The second-order valence-electron chi connectivity index (χ2n) is 3.56. The van der Waals surface area contributed by atoms with Gasteiger partial charge in [-0.25, -0.2) is 0 Å². The molecular formula is C11H12ClNO. The van der Waals surface area contributed by atoms with E-state index < -0.39 is 0 Å². The van der Waals surface area contributed by atoms with Crippen molar-refractivity contribution in [1.29, 1.82) is 0 Å². The van der Waals surface area contributed by atoms with E-state index >= 15 is 0 Å². The molecule has 14 heavy (non-hydrogen) atoms. The van der Waals surface area contributed by atoms with E-state index in [1.807, 2.05) is 18.2 Å². The first-order valence-electron chi connectivity index (χ1n) is 4.71. The summed E-state index contributed by atoms with van der Waals surface area (Å²) in [5.41, 5.74) is 1.30. The first-order valence-corrected chi connectivity index (χ1v) is 5.25. The first kappa shape index (κ1) is 9.53. The molecule has 3 heteroatoms. The molecule has 1 amide bonds. The molecule has 1 fully saturated rings. The fourth-order valence-corrected chi connectivity index (χ4v) is 1.75. The van der Waals surface area contributed by atoms with Crippen molar-refractivity contribution in [3.8, 4) is 0 Å². The Morgan fingerprint density at radius 3 is 2.79 bits per heavy atom. The molecule has 0 saturated heterocycles. The Hall–Kier alpha value is -1.02. The minimum absolute atomic E-state index is 0.0536. The standard InChI is InChI=1S/C11H12ClNO/c12-7-11(14)13-10-6-9(10)8-4-2-1-3-5-8/h1-5,9-10H,6-7H2,(H,13,14). The van der Waals surface area contributed by atoms with Crippen molar-refractivity contribution < 1.29 is 4.79 Å². The third-order valence-electron chi connectivity index (χ3n) is 2.49. The molecule has 0 aliphatic heterocycles. The van der Waals surface area contributed by atoms with Crippen LogP contribution in [0.15, 0.2) is 30.3 Å². The lowest BCUT2D eigenvalue weighted by Crippen LogP contribution is -2.27. The van der Waals surface area contributed by atoms with Gasteiger partial charge in [0.05, 0.1) is 0 Å². The Labute approximate surface area is 88.3 Å². The largest absolute Gasteiger partial charge is 0.352 e. The lowest BCUT2D eigenvalue weighted by molar-refractivity contribution is -0.118. The lowest BCUT2D eigenvalue weighted by atomic mass is 10.1. The topological polar surface area (TPSA) is 29.1 Å². The maximum Gasteiger partial charge on any atom is 0.235 e. The summed E-state index contributed by atoms with van der Waals surface area (Å²) in [7, 11) is 0. The highest BCUT2D eigenvalue weighted by Gasteiger charge is 2.38. The zero-order valence-electron chi connectivity index (χ0n) is 7.74. The number of carbonyl (C=O) groups excluding carboxylic acids is 1. The van der Waals surface area contributed by atoms with Crippen molar-refractivity contribution in [2.45, 2.75) is 18.4 Å². The van der Waals surface area contributed by atoms with E-state index in [1.165, 1.54) is 5.56 Å². The summed E-state index contributed by atoms with van der Waals surface area (Å²) in [6, 6.07) is 10.5. The average Bonchev–Trinajstić information content (AvgIpc) is 2.98. The van der Waals surface area contributed by atoms with Crippen LogP contribution in [0.3, 0.4) is 0 Å². The van der Waals surface area contributed by atoms with Crippen molar-refractivity contribution in [2.24, 2.45) is 0 Å². The number of carbonyl (C=O) groups is 1. The van der Waals surface area contributed by atoms with Crippen LogP contribution >= 0.6 is 11.6 Å². The van der Waals surface area contributed by atoms with Crippen molar-refractivity contribution in [2.75, 3.05) is 5.88 Å². The van der Waals surface area contributed by atoms with Gasteiger partial charge >= 0.3 is 0 Å². The van der Waals surface area contributed by atoms with Crippen LogP contribution in [0.4, 0.5) is 0 Å². The third kappa shape index (κ3) is 2.07. The summed E-state index contributed by atoms with van der Waals surface area (Å²) in [5, 5.41) is 2.88. The molecule has 0 heterocycles. The summed E-state index contributed by atoms with van der Waals surface area (Å²) in [4.78, 5) is 11.0. The Morgan fingerprint density at radius 1 is 1.43 bits per heavy atom. The number of nitrogens with one attached hydrogen (secondary N) is 1. The second-order valence-corrected chi connectivity index (χ2v) is 3.83. The van der Waals surface area contributed by atoms with E-state index in [2.05, 4.69) is 17.4 Å². The molecule has 0 aromatic heterocycles. The van der Waals surface area contributed by atoms with Crippen LogP contribution in [-0.4, -0.2) is 17.8 Å². The molecular weight excluding hydrogens is 198 g/mol. The van der Waals surface area contributed by atoms with E-state index in [0.29, 0.717) is 12.0 Å². The van der Waals surface area contributed by atoms with Crippen molar-refractivity contribution in [3.05, 3.63) is 35.9 Å². The zero-order valence-corrected chi connectivity index (χ0v) is 8.50. The number of hydrogen-bond donors (Lipinski definition) is 1. The van der Waals surface area contributed by atoms with Crippen molar-refractivity contribution >= 4 is 17.5 Å². The quantitative estimate of drug-likeness (QED) is 0.757. The van der Waals surface area contributed by atoms with Crippen LogP contribution in [-0.2, 0) is 4.79 Å². The fraction of sp³-hybridized carbons (Fsp3) is 0.364. The molecule has 74 valence electrons. The van der Waals surface area contributed by atoms with Gasteiger partial charge < -0.3 is 5.32 Å². The van der Waals surface area contributed by atoms with Gasteiger partial charge in [0.25, 0.3) is 0 Å². The molecule has 1 aromatic carbocycles. The van der Waals surface area contributed by atoms with Gasteiger partial charge in [0.2, 0.25) is 5.91 Å². The van der Waals surface area contributed by atoms with Gasteiger partial charge in [-0.05, 0) is 12.0 Å². The van der Waals surface area contributed by atoms with Gasteiger partial charge in [-0.3, -0.25) is 4.79 Å². The maximum absolute atomic E-state index is 11.0. The van der Waals surface area contributed by atoms with Crippen LogP contribution in [0.5, 0.6) is 0 Å². The third-order valence-corrected chi connectivity index (χ3v) is 2.73. The zero-order chi connectivity index (χ0) is 9.97. The Bertz CT molecular complexity index is 325. The number of rotatable bonds is 3. The predicted molar refractivity (Wildman–Crippen MR) is 56.5 cm³/mol. The molecule has 2 rings (SSSR count). The van der Waals surface area contributed by atoms with Crippen molar-refractivity contribution in [3.63, 3.8) is 0 Å². The minimum atomic E-state index is -0.0740. The molecule has 1 aliphatic rings. The molecule has 2 nitrogen and oxygen atoms in total. The normalized spacial score (nSPS) is 24.4. The Kier molecular flexibility index (Phi) is 2.73. The number of alkyl halides is 1. The van der Waals surface area contributed by atoms with Crippen LogP contribution in [0.25, 0.3) is 0 Å². The Balaban J connectivity index is 1.91. The van der Waals surface area contributed by atoms with E-state index in [4.69, 9.17) is 11.6 Å². The van der Waals surface area contributed by atoms with E-state index in [0.717, 1.165) is 6.42 Å². The summed E-state index contributed by atoms with van der Waals surface area (Å²) >= 11 is 5.41. The Morgan fingerprint density at radius 2 is 2.14 bits per heavy atom. The SMILES string of the molecule is O=C(CCl)NC1CC1c1ccccc1. The number of halogens is 1. The van der Waals surface area contributed by atoms with Crippen LogP contribution in [0.2, 0.25) is 0 Å². The smallest absolute Gasteiger partial charge is 0.235 e. The van der Waals surface area contributed by atoms with Gasteiger partial charge in [-0.1, -0.05) is 30.3 Å². The van der Waals surface area contributed by atoms with Gasteiger partial charge in [0.1, 0.15) is 5.88 Å². The van der Waals surface area contributed by atoms with E-state index in [9.17, 15) is 4.79 Å². The molecule has 2 atom stereocenters. The summed E-state index contributed by atoms with van der Waals surface area (Å²) in [5.74, 6) is 0.469. The van der Waals surface area contributed by atoms with E-state index in [1.54, 1.807) is 0 Å². The van der Waals surface area contributed by atoms with E-state index in [-0.39, 0.29) is 11.8 Å². The van der Waals surface area contributed by atoms with Gasteiger partial charge in [-0.2, -0.15) is 0 Å². The van der Waals surface area contributed by atoms with Gasteiger partial charge in [0, 0.05) is 12.0 Å². The second kappa shape index (κ2) is 4.01. The lowest BCUT2D eigenvalue weighted by Gasteiger charge is -2.01. The molecule has 1 aromatic rings.